The van der Waals surface area contributed by atoms with Crippen molar-refractivity contribution >= 4 is 29.2 Å². The summed E-state index contributed by atoms with van der Waals surface area (Å²) in [6.07, 6.45) is -0.312. The Balaban J connectivity index is 2.88. The summed E-state index contributed by atoms with van der Waals surface area (Å²) >= 11 is 1.27. The van der Waals surface area contributed by atoms with Gasteiger partial charge in [-0.05, 0) is 33.6 Å². The number of ketones is 1. The van der Waals surface area contributed by atoms with Gasteiger partial charge >= 0.3 is 12.1 Å². The average molecular weight is 399 g/mol. The van der Waals surface area contributed by atoms with E-state index in [2.05, 4.69) is 4.98 Å². The molecule has 0 aromatic carbocycles. The van der Waals surface area contributed by atoms with Gasteiger partial charge in [0.05, 0.1) is 5.69 Å². The zero-order chi connectivity index (χ0) is 20.9. The molecule has 8 heteroatoms. The van der Waals surface area contributed by atoms with E-state index in [1.807, 2.05) is 20.8 Å². The van der Waals surface area contributed by atoms with Crippen LogP contribution >= 0.6 is 11.3 Å². The summed E-state index contributed by atoms with van der Waals surface area (Å²) < 4.78 is 10.4. The van der Waals surface area contributed by atoms with Crippen LogP contribution in [-0.2, 0) is 20.9 Å². The minimum Gasteiger partial charge on any atom is -0.459 e. The molecule has 0 aliphatic carbocycles. The highest BCUT2D eigenvalue weighted by atomic mass is 32.1. The van der Waals surface area contributed by atoms with Gasteiger partial charge < -0.3 is 14.4 Å². The Hall–Kier alpha value is -1.96. The normalized spacial score (nSPS) is 12.6. The van der Waals surface area contributed by atoms with Gasteiger partial charge in [-0.3, -0.25) is 9.59 Å². The number of carbonyl (C=O) groups excluding carboxylic acids is 3. The molecule has 0 aliphatic rings. The number of amides is 1. The molecule has 0 radical (unpaired) electrons. The molecule has 7 nitrogen and oxygen atoms in total. The van der Waals surface area contributed by atoms with E-state index in [0.717, 1.165) is 4.88 Å². The van der Waals surface area contributed by atoms with Gasteiger partial charge in [0.25, 0.3) is 0 Å². The van der Waals surface area contributed by atoms with E-state index in [-0.39, 0.29) is 30.8 Å². The fourth-order valence-corrected chi connectivity index (χ4v) is 3.28. The first-order valence-corrected chi connectivity index (χ1v) is 9.72. The topological polar surface area (TPSA) is 85.8 Å². The molecule has 1 amide bonds. The van der Waals surface area contributed by atoms with Crippen molar-refractivity contribution in [1.29, 1.82) is 0 Å². The lowest BCUT2D eigenvalue weighted by Gasteiger charge is -2.32. The second-order valence-corrected chi connectivity index (χ2v) is 9.04. The van der Waals surface area contributed by atoms with Crippen LogP contribution in [0.5, 0.6) is 0 Å². The molecule has 0 saturated carbocycles. The lowest BCUT2D eigenvalue weighted by Crippen LogP contribution is -2.44. The number of rotatable bonds is 7. The summed E-state index contributed by atoms with van der Waals surface area (Å²) in [4.78, 5) is 42.7. The lowest BCUT2D eigenvalue weighted by molar-refractivity contribution is -0.142. The first kappa shape index (κ1) is 23.1. The number of Topliss-reactive ketones (excluding diaryl/α,β-unsaturated/α-hetero) is 1. The maximum atomic E-state index is 12.7. The van der Waals surface area contributed by atoms with Crippen LogP contribution in [0.15, 0.2) is 0 Å². The highest BCUT2D eigenvalue weighted by molar-refractivity contribution is 7.13. The van der Waals surface area contributed by atoms with Gasteiger partial charge in [0.2, 0.25) is 0 Å². The van der Waals surface area contributed by atoms with Gasteiger partial charge in [-0.2, -0.15) is 0 Å². The molecule has 1 unspecified atom stereocenters. The Kier molecular flexibility index (Phi) is 7.95. The monoisotopic (exact) mass is 398 g/mol. The fraction of sp³-hybridized carbons (Fsp3) is 0.684. The van der Waals surface area contributed by atoms with Crippen molar-refractivity contribution in [2.45, 2.75) is 73.1 Å². The number of ether oxygens (including phenoxy) is 2. The Bertz CT molecular complexity index is 691. The van der Waals surface area contributed by atoms with Crippen LogP contribution < -0.4 is 0 Å². The molecule has 1 aromatic rings. The minimum absolute atomic E-state index is 0.0520. The Labute approximate surface area is 165 Å². The molecule has 1 aromatic heterocycles. The number of carbonyl (C=O) groups is 3. The Morgan fingerprint density at radius 3 is 2.30 bits per heavy atom. The first-order chi connectivity index (χ1) is 12.3. The summed E-state index contributed by atoms with van der Waals surface area (Å²) in [5.41, 5.74) is -0.0188. The van der Waals surface area contributed by atoms with Gasteiger partial charge in [-0.1, -0.05) is 13.8 Å². The van der Waals surface area contributed by atoms with Gasteiger partial charge in [-0.15, -0.1) is 11.3 Å². The van der Waals surface area contributed by atoms with Crippen LogP contribution in [0.1, 0.15) is 68.3 Å². The van der Waals surface area contributed by atoms with Crippen LogP contribution in [0, 0.1) is 12.8 Å². The molecule has 0 N–H and O–H groups in total. The molecule has 0 aliphatic heterocycles. The predicted octanol–water partition coefficient (Wildman–Crippen LogP) is 3.98. The van der Waals surface area contributed by atoms with Crippen molar-refractivity contribution < 1.29 is 23.9 Å². The summed E-state index contributed by atoms with van der Waals surface area (Å²) in [6.45, 7) is 12.5. The zero-order valence-electron chi connectivity index (χ0n) is 17.4. The molecule has 27 heavy (non-hydrogen) atoms. The SMILES string of the molecule is CC(=O)OCc1nc(C(=O)CC(C(C)C)N(C)C(=O)OC(C)(C)C)sc1C. The predicted molar refractivity (Wildman–Crippen MR) is 104 cm³/mol. The van der Waals surface area contributed by atoms with Crippen molar-refractivity contribution in [2.75, 3.05) is 7.05 Å². The molecule has 1 atom stereocenters. The Morgan fingerprint density at radius 2 is 1.81 bits per heavy atom. The average Bonchev–Trinajstić information content (AvgIpc) is 2.88. The third kappa shape index (κ3) is 7.28. The smallest absolute Gasteiger partial charge is 0.410 e. The number of hydrogen-bond donors (Lipinski definition) is 0. The molecular formula is C19H30N2O5S. The number of hydrogen-bond acceptors (Lipinski definition) is 7. The minimum atomic E-state index is -0.602. The molecule has 1 heterocycles. The largest absolute Gasteiger partial charge is 0.459 e. The van der Waals surface area contributed by atoms with Crippen molar-refractivity contribution in [2.24, 2.45) is 5.92 Å². The van der Waals surface area contributed by atoms with Crippen molar-refractivity contribution in [3.8, 4) is 0 Å². The van der Waals surface area contributed by atoms with Crippen LogP contribution in [0.2, 0.25) is 0 Å². The molecule has 0 spiro atoms. The number of nitrogens with zero attached hydrogens (tertiary/aromatic N) is 2. The zero-order valence-corrected chi connectivity index (χ0v) is 18.2. The second-order valence-electron chi connectivity index (χ2n) is 7.83. The van der Waals surface area contributed by atoms with E-state index in [4.69, 9.17) is 9.47 Å². The van der Waals surface area contributed by atoms with Gasteiger partial charge in [0.15, 0.2) is 10.8 Å². The summed E-state index contributed by atoms with van der Waals surface area (Å²) in [5.74, 6) is -0.478. The quantitative estimate of drug-likeness (QED) is 0.510. The van der Waals surface area contributed by atoms with E-state index in [1.54, 1.807) is 27.8 Å². The molecule has 0 saturated heterocycles. The van der Waals surface area contributed by atoms with E-state index >= 15 is 0 Å². The third-order valence-electron chi connectivity index (χ3n) is 3.89. The standard InChI is InChI=1S/C19H30N2O5S/c1-11(2)15(21(8)18(24)26-19(5,6)7)9-16(23)17-20-14(12(3)27-17)10-25-13(4)22/h11,15H,9-10H2,1-8H3. The van der Waals surface area contributed by atoms with Crippen molar-refractivity contribution in [3.63, 3.8) is 0 Å². The first-order valence-electron chi connectivity index (χ1n) is 8.90. The van der Waals surface area contributed by atoms with Gasteiger partial charge in [0.1, 0.15) is 12.2 Å². The number of esters is 1. The summed E-state index contributed by atoms with van der Waals surface area (Å²) in [5, 5.41) is 0.359. The molecule has 0 fully saturated rings. The maximum Gasteiger partial charge on any atom is 0.410 e. The number of aromatic nitrogens is 1. The molecule has 0 bridgehead atoms. The van der Waals surface area contributed by atoms with Crippen molar-refractivity contribution in [1.82, 2.24) is 9.88 Å². The highest BCUT2D eigenvalue weighted by Crippen LogP contribution is 2.23. The Morgan fingerprint density at radius 1 is 1.22 bits per heavy atom. The van der Waals surface area contributed by atoms with E-state index < -0.39 is 17.7 Å². The van der Waals surface area contributed by atoms with Crippen LogP contribution in [0.25, 0.3) is 0 Å². The van der Waals surface area contributed by atoms with E-state index in [0.29, 0.717) is 10.7 Å². The molecular weight excluding hydrogens is 368 g/mol. The highest BCUT2D eigenvalue weighted by Gasteiger charge is 2.30. The summed E-state index contributed by atoms with van der Waals surface area (Å²) in [6, 6.07) is -0.312. The maximum absolute atomic E-state index is 12.7. The second kappa shape index (κ2) is 9.30. The van der Waals surface area contributed by atoms with Gasteiger partial charge in [0, 0.05) is 31.3 Å². The van der Waals surface area contributed by atoms with E-state index in [9.17, 15) is 14.4 Å². The third-order valence-corrected chi connectivity index (χ3v) is 4.94. The van der Waals surface area contributed by atoms with Crippen LogP contribution in [-0.4, -0.2) is 46.4 Å². The molecule has 1 rings (SSSR count). The van der Waals surface area contributed by atoms with Crippen LogP contribution in [0.3, 0.4) is 0 Å². The molecule has 152 valence electrons. The van der Waals surface area contributed by atoms with Crippen molar-refractivity contribution in [3.05, 3.63) is 15.6 Å². The van der Waals surface area contributed by atoms with Gasteiger partial charge in [-0.25, -0.2) is 9.78 Å². The number of thiazole rings is 1. The lowest BCUT2D eigenvalue weighted by atomic mass is 9.97. The fourth-order valence-electron chi connectivity index (χ4n) is 2.42. The summed E-state index contributed by atoms with van der Waals surface area (Å²) in [7, 11) is 1.64. The van der Waals surface area contributed by atoms with Crippen LogP contribution in [0.4, 0.5) is 4.79 Å². The van der Waals surface area contributed by atoms with E-state index in [1.165, 1.54) is 23.2 Å². The number of aryl methyl sites for hydroxylation is 1.